The third-order valence-electron chi connectivity index (χ3n) is 4.33. The first-order valence-corrected chi connectivity index (χ1v) is 9.12. The van der Waals surface area contributed by atoms with Crippen molar-refractivity contribution in [3.05, 3.63) is 76.2 Å². The molecule has 3 aromatic rings. The topological polar surface area (TPSA) is 69.0 Å². The summed E-state index contributed by atoms with van der Waals surface area (Å²) >= 11 is 6.25. The molecule has 0 atom stereocenters. The molecule has 2 aromatic heterocycles. The van der Waals surface area contributed by atoms with E-state index in [9.17, 15) is 4.79 Å². The van der Waals surface area contributed by atoms with E-state index in [-0.39, 0.29) is 5.91 Å². The Morgan fingerprint density at radius 1 is 1.25 bits per heavy atom. The summed E-state index contributed by atoms with van der Waals surface area (Å²) in [5, 5.41) is 8.05. The number of hydrogen-bond donors (Lipinski definition) is 1. The van der Waals surface area contributed by atoms with Gasteiger partial charge in [0, 0.05) is 28.4 Å². The minimum Gasteiger partial charge on any atom is -0.481 e. The van der Waals surface area contributed by atoms with Crippen molar-refractivity contribution < 1.29 is 9.53 Å². The molecule has 1 aromatic carbocycles. The number of carbonyl (C=O) groups is 1. The summed E-state index contributed by atoms with van der Waals surface area (Å²) in [5.74, 6) is 0.246. The third kappa shape index (κ3) is 4.58. The van der Waals surface area contributed by atoms with Crippen LogP contribution in [0.1, 0.15) is 22.5 Å². The molecule has 7 heteroatoms. The van der Waals surface area contributed by atoms with E-state index >= 15 is 0 Å². The number of hydrogen-bond acceptors (Lipinski definition) is 4. The summed E-state index contributed by atoms with van der Waals surface area (Å²) in [6.45, 7) is 4.47. The summed E-state index contributed by atoms with van der Waals surface area (Å²) in [4.78, 5) is 16.3. The second kappa shape index (κ2) is 8.71. The number of ether oxygens (including phenoxy) is 1. The zero-order valence-corrected chi connectivity index (χ0v) is 16.7. The molecule has 0 unspecified atom stereocenters. The molecule has 0 saturated carbocycles. The largest absolute Gasteiger partial charge is 0.481 e. The van der Waals surface area contributed by atoms with Crippen LogP contribution in [0.5, 0.6) is 5.88 Å². The first-order chi connectivity index (χ1) is 13.5. The lowest BCUT2D eigenvalue weighted by Crippen LogP contribution is -2.08. The lowest BCUT2D eigenvalue weighted by atomic mass is 10.1. The van der Waals surface area contributed by atoms with Crippen LogP contribution in [0.2, 0.25) is 5.02 Å². The van der Waals surface area contributed by atoms with Crippen LogP contribution in [0.25, 0.3) is 6.08 Å². The predicted molar refractivity (Wildman–Crippen MR) is 111 cm³/mol. The lowest BCUT2D eigenvalue weighted by molar-refractivity contribution is -0.111. The van der Waals surface area contributed by atoms with Gasteiger partial charge in [0.1, 0.15) is 0 Å². The maximum Gasteiger partial charge on any atom is 0.248 e. The molecule has 0 aliphatic carbocycles. The van der Waals surface area contributed by atoms with Crippen LogP contribution < -0.4 is 10.1 Å². The zero-order chi connectivity index (χ0) is 20.1. The van der Waals surface area contributed by atoms with Crippen molar-refractivity contribution in [2.45, 2.75) is 20.4 Å². The number of benzene rings is 1. The minimum atomic E-state index is -0.246. The maximum atomic E-state index is 12.2. The molecule has 0 radical (unpaired) electrons. The number of carbonyl (C=O) groups excluding carboxylic acids is 1. The second-order valence-electron chi connectivity index (χ2n) is 6.25. The van der Waals surface area contributed by atoms with E-state index in [4.69, 9.17) is 16.3 Å². The van der Waals surface area contributed by atoms with E-state index in [1.54, 1.807) is 31.5 Å². The highest BCUT2D eigenvalue weighted by molar-refractivity contribution is 6.31. The van der Waals surface area contributed by atoms with Gasteiger partial charge in [-0.25, -0.2) is 4.98 Å². The van der Waals surface area contributed by atoms with Crippen molar-refractivity contribution in [3.8, 4) is 5.88 Å². The maximum absolute atomic E-state index is 12.2. The molecule has 3 rings (SSSR count). The molecule has 1 amide bonds. The highest BCUT2D eigenvalue weighted by atomic mass is 35.5. The van der Waals surface area contributed by atoms with Gasteiger partial charge in [-0.2, -0.15) is 5.10 Å². The van der Waals surface area contributed by atoms with Gasteiger partial charge in [-0.15, -0.1) is 0 Å². The highest BCUT2D eigenvalue weighted by Gasteiger charge is 2.11. The summed E-state index contributed by atoms with van der Waals surface area (Å²) in [7, 11) is 1.54. The van der Waals surface area contributed by atoms with Crippen LogP contribution in [-0.4, -0.2) is 27.8 Å². The predicted octanol–water partition coefficient (Wildman–Crippen LogP) is 4.26. The SMILES string of the molecule is COc1ccc(NC(=O)/C=C/c2c(C)nn(Cc3ccccc3Cl)c2C)cn1. The fourth-order valence-electron chi connectivity index (χ4n) is 2.81. The number of nitrogens with one attached hydrogen (secondary N) is 1. The van der Waals surface area contributed by atoms with Gasteiger partial charge in [0.2, 0.25) is 11.8 Å². The molecule has 0 aliphatic rings. The molecule has 0 spiro atoms. The van der Waals surface area contributed by atoms with Crippen LogP contribution >= 0.6 is 11.6 Å². The van der Waals surface area contributed by atoms with Crippen LogP contribution in [0.4, 0.5) is 5.69 Å². The number of aryl methyl sites for hydroxylation is 1. The molecular formula is C21H21ClN4O2. The van der Waals surface area contributed by atoms with Crippen LogP contribution in [0.15, 0.2) is 48.7 Å². The van der Waals surface area contributed by atoms with E-state index < -0.39 is 0 Å². The van der Waals surface area contributed by atoms with E-state index in [0.717, 1.165) is 22.5 Å². The molecule has 28 heavy (non-hydrogen) atoms. The van der Waals surface area contributed by atoms with E-state index in [0.29, 0.717) is 23.1 Å². The Morgan fingerprint density at radius 3 is 2.71 bits per heavy atom. The average Bonchev–Trinajstić information content (AvgIpc) is 2.95. The van der Waals surface area contributed by atoms with Crippen molar-refractivity contribution in [2.24, 2.45) is 0 Å². The Bertz CT molecular complexity index is 1010. The van der Waals surface area contributed by atoms with Crippen LogP contribution in [-0.2, 0) is 11.3 Å². The molecule has 2 heterocycles. The third-order valence-corrected chi connectivity index (χ3v) is 4.70. The first kappa shape index (κ1) is 19.6. The number of methoxy groups -OCH3 is 1. The lowest BCUT2D eigenvalue weighted by Gasteiger charge is -2.06. The van der Waals surface area contributed by atoms with Crippen molar-refractivity contribution >= 4 is 29.3 Å². The van der Waals surface area contributed by atoms with Gasteiger partial charge in [0.25, 0.3) is 0 Å². The van der Waals surface area contributed by atoms with Gasteiger partial charge in [-0.05, 0) is 37.6 Å². The van der Waals surface area contributed by atoms with Gasteiger partial charge < -0.3 is 10.1 Å². The van der Waals surface area contributed by atoms with Gasteiger partial charge in [-0.1, -0.05) is 29.8 Å². The molecule has 6 nitrogen and oxygen atoms in total. The zero-order valence-electron chi connectivity index (χ0n) is 15.9. The summed E-state index contributed by atoms with van der Waals surface area (Å²) in [5.41, 5.74) is 4.32. The molecule has 1 N–H and O–H groups in total. The monoisotopic (exact) mass is 396 g/mol. The summed E-state index contributed by atoms with van der Waals surface area (Å²) in [6, 6.07) is 11.1. The Labute approximate surface area is 168 Å². The Kier molecular flexibility index (Phi) is 6.11. The first-order valence-electron chi connectivity index (χ1n) is 8.74. The molecular weight excluding hydrogens is 376 g/mol. The molecule has 144 valence electrons. The molecule has 0 saturated heterocycles. The number of pyridine rings is 1. The van der Waals surface area contributed by atoms with Crippen LogP contribution in [0, 0.1) is 13.8 Å². The Balaban J connectivity index is 1.72. The normalized spacial score (nSPS) is 11.0. The van der Waals surface area contributed by atoms with Crippen molar-refractivity contribution in [1.29, 1.82) is 0 Å². The number of amides is 1. The Hall–Kier alpha value is -3.12. The Morgan fingerprint density at radius 2 is 2.04 bits per heavy atom. The average molecular weight is 397 g/mol. The van der Waals surface area contributed by atoms with Gasteiger partial charge in [0.05, 0.1) is 31.2 Å². The number of aromatic nitrogens is 3. The van der Waals surface area contributed by atoms with Crippen molar-refractivity contribution in [2.75, 3.05) is 12.4 Å². The molecule has 0 fully saturated rings. The fourth-order valence-corrected chi connectivity index (χ4v) is 3.01. The number of rotatable bonds is 6. The quantitative estimate of drug-likeness (QED) is 0.632. The van der Waals surface area contributed by atoms with E-state index in [1.807, 2.05) is 42.8 Å². The number of nitrogens with zero attached hydrogens (tertiary/aromatic N) is 3. The van der Waals surface area contributed by atoms with Crippen LogP contribution in [0.3, 0.4) is 0 Å². The summed E-state index contributed by atoms with van der Waals surface area (Å²) in [6.07, 6.45) is 4.80. The van der Waals surface area contributed by atoms with Crippen molar-refractivity contribution in [3.63, 3.8) is 0 Å². The smallest absolute Gasteiger partial charge is 0.248 e. The number of halogens is 1. The van der Waals surface area contributed by atoms with Gasteiger partial charge in [0.15, 0.2) is 0 Å². The van der Waals surface area contributed by atoms with Gasteiger partial charge >= 0.3 is 0 Å². The standard InChI is InChI=1S/C21H21ClN4O2/c1-14-18(9-10-20(27)24-17-8-11-21(28-3)23-12-17)15(2)26(25-14)13-16-6-4-5-7-19(16)22/h4-12H,13H2,1-3H3,(H,24,27)/b10-9+. The highest BCUT2D eigenvalue weighted by Crippen LogP contribution is 2.20. The van der Waals surface area contributed by atoms with E-state index in [2.05, 4.69) is 15.4 Å². The van der Waals surface area contributed by atoms with Crippen molar-refractivity contribution in [1.82, 2.24) is 14.8 Å². The molecule has 0 aliphatic heterocycles. The minimum absolute atomic E-state index is 0.246. The fraction of sp³-hybridized carbons (Fsp3) is 0.190. The second-order valence-corrected chi connectivity index (χ2v) is 6.65. The summed E-state index contributed by atoms with van der Waals surface area (Å²) < 4.78 is 6.89. The molecule has 0 bridgehead atoms. The van der Waals surface area contributed by atoms with Gasteiger partial charge in [-0.3, -0.25) is 9.48 Å². The van der Waals surface area contributed by atoms with E-state index in [1.165, 1.54) is 6.08 Å². The number of anilines is 1.